The van der Waals surface area contributed by atoms with Gasteiger partial charge in [-0.05, 0) is 31.0 Å². The first-order valence-corrected chi connectivity index (χ1v) is 6.59. The van der Waals surface area contributed by atoms with E-state index in [9.17, 15) is 22.8 Å². The normalized spacial score (nSPS) is 14.7. The van der Waals surface area contributed by atoms with Crippen LogP contribution in [0.5, 0.6) is 0 Å². The largest absolute Gasteiger partial charge is 0.416 e. The second kappa shape index (κ2) is 5.93. The maximum Gasteiger partial charge on any atom is 0.416 e. The van der Waals surface area contributed by atoms with Crippen molar-refractivity contribution in [1.29, 1.82) is 0 Å². The van der Waals surface area contributed by atoms with E-state index >= 15 is 0 Å². The zero-order chi connectivity index (χ0) is 15.6. The van der Waals surface area contributed by atoms with E-state index in [0.29, 0.717) is 0 Å². The molecule has 1 aromatic rings. The summed E-state index contributed by atoms with van der Waals surface area (Å²) in [5, 5.41) is 4.66. The van der Waals surface area contributed by atoms with Gasteiger partial charge < -0.3 is 10.6 Å². The summed E-state index contributed by atoms with van der Waals surface area (Å²) in [5.41, 5.74) is -1.05. The van der Waals surface area contributed by atoms with Crippen LogP contribution in [-0.4, -0.2) is 18.4 Å². The van der Waals surface area contributed by atoms with Gasteiger partial charge in [-0.25, -0.2) is 0 Å². The van der Waals surface area contributed by atoms with Gasteiger partial charge in [0.2, 0.25) is 11.8 Å². The standard InChI is InChI=1S/C13H12ClF3N2O2/c14-9-4-3-8(13(15,16)17)5-10(9)19-11(20)6-18-12(21)7-1-2-7/h3-5,7H,1-2,6H2,(H,18,21)(H,19,20). The van der Waals surface area contributed by atoms with Crippen molar-refractivity contribution < 1.29 is 22.8 Å². The first kappa shape index (κ1) is 15.6. The molecule has 1 saturated carbocycles. The highest BCUT2D eigenvalue weighted by Crippen LogP contribution is 2.33. The minimum Gasteiger partial charge on any atom is -0.347 e. The lowest BCUT2D eigenvalue weighted by atomic mass is 10.2. The molecule has 2 amide bonds. The van der Waals surface area contributed by atoms with E-state index in [0.717, 1.165) is 31.0 Å². The van der Waals surface area contributed by atoms with Gasteiger partial charge in [-0.15, -0.1) is 0 Å². The number of anilines is 1. The summed E-state index contributed by atoms with van der Waals surface area (Å²) in [5.74, 6) is -0.902. The van der Waals surface area contributed by atoms with Gasteiger partial charge in [-0.3, -0.25) is 9.59 Å². The molecular weight excluding hydrogens is 309 g/mol. The Bertz CT molecular complexity index is 571. The van der Waals surface area contributed by atoms with E-state index in [1.807, 2.05) is 0 Å². The minimum atomic E-state index is -4.52. The maximum atomic E-state index is 12.6. The minimum absolute atomic E-state index is 0.00938. The topological polar surface area (TPSA) is 58.2 Å². The van der Waals surface area contributed by atoms with E-state index in [-0.39, 0.29) is 29.1 Å². The Balaban J connectivity index is 1.97. The number of carbonyl (C=O) groups excluding carboxylic acids is 2. The van der Waals surface area contributed by atoms with Crippen LogP contribution in [0.4, 0.5) is 18.9 Å². The predicted octanol–water partition coefficient (Wildman–Crippen LogP) is 2.82. The Morgan fingerprint density at radius 2 is 1.95 bits per heavy atom. The molecular formula is C13H12ClF3N2O2. The van der Waals surface area contributed by atoms with E-state index in [4.69, 9.17) is 11.6 Å². The fourth-order valence-electron chi connectivity index (χ4n) is 1.65. The van der Waals surface area contributed by atoms with Gasteiger partial charge in [-0.1, -0.05) is 11.6 Å². The SMILES string of the molecule is O=C(CNC(=O)C1CC1)Nc1cc(C(F)(F)F)ccc1Cl. The van der Waals surface area contributed by atoms with Crippen LogP contribution in [0, 0.1) is 5.92 Å². The molecule has 0 bridgehead atoms. The number of benzene rings is 1. The second-order valence-corrected chi connectivity index (χ2v) is 5.14. The van der Waals surface area contributed by atoms with Crippen molar-refractivity contribution in [2.24, 2.45) is 5.92 Å². The van der Waals surface area contributed by atoms with Crippen LogP contribution in [0.15, 0.2) is 18.2 Å². The van der Waals surface area contributed by atoms with Crippen LogP contribution in [0.1, 0.15) is 18.4 Å². The predicted molar refractivity (Wildman–Crippen MR) is 70.8 cm³/mol. The summed E-state index contributed by atoms with van der Waals surface area (Å²) in [7, 11) is 0. The van der Waals surface area contributed by atoms with Gasteiger partial charge in [0.05, 0.1) is 22.8 Å². The number of carbonyl (C=O) groups is 2. The Labute approximate surface area is 123 Å². The highest BCUT2D eigenvalue weighted by Gasteiger charge is 2.31. The highest BCUT2D eigenvalue weighted by atomic mass is 35.5. The average molecular weight is 321 g/mol. The summed E-state index contributed by atoms with van der Waals surface area (Å²) in [6.45, 7) is -0.304. The Morgan fingerprint density at radius 1 is 1.29 bits per heavy atom. The Morgan fingerprint density at radius 3 is 2.52 bits per heavy atom. The van der Waals surface area contributed by atoms with E-state index in [1.165, 1.54) is 0 Å². The molecule has 114 valence electrons. The van der Waals surface area contributed by atoms with Crippen molar-refractivity contribution in [3.05, 3.63) is 28.8 Å². The molecule has 1 fully saturated rings. The Hall–Kier alpha value is -1.76. The van der Waals surface area contributed by atoms with Gasteiger partial charge >= 0.3 is 6.18 Å². The second-order valence-electron chi connectivity index (χ2n) is 4.73. The molecule has 0 atom stereocenters. The smallest absolute Gasteiger partial charge is 0.347 e. The van der Waals surface area contributed by atoms with Crippen LogP contribution in [0.25, 0.3) is 0 Å². The molecule has 0 radical (unpaired) electrons. The number of halogens is 4. The molecule has 0 aromatic heterocycles. The molecule has 0 heterocycles. The van der Waals surface area contributed by atoms with Gasteiger partial charge in [0.1, 0.15) is 0 Å². The van der Waals surface area contributed by atoms with Crippen molar-refractivity contribution in [1.82, 2.24) is 5.32 Å². The van der Waals surface area contributed by atoms with Gasteiger partial charge in [0, 0.05) is 5.92 Å². The van der Waals surface area contributed by atoms with Gasteiger partial charge in [-0.2, -0.15) is 13.2 Å². The van der Waals surface area contributed by atoms with Crippen LogP contribution < -0.4 is 10.6 Å². The molecule has 8 heteroatoms. The molecule has 1 aromatic carbocycles. The molecule has 0 spiro atoms. The molecule has 1 aliphatic rings. The van der Waals surface area contributed by atoms with Gasteiger partial charge in [0.25, 0.3) is 0 Å². The molecule has 2 N–H and O–H groups in total. The van der Waals surface area contributed by atoms with Crippen molar-refractivity contribution in [2.75, 3.05) is 11.9 Å². The lowest BCUT2D eigenvalue weighted by molar-refractivity contribution is -0.137. The molecule has 0 saturated heterocycles. The summed E-state index contributed by atoms with van der Waals surface area (Å²) in [4.78, 5) is 23.0. The van der Waals surface area contributed by atoms with E-state index in [1.54, 1.807) is 0 Å². The lowest BCUT2D eigenvalue weighted by Gasteiger charge is -2.12. The molecule has 1 aliphatic carbocycles. The van der Waals surface area contributed by atoms with Crippen LogP contribution in [-0.2, 0) is 15.8 Å². The van der Waals surface area contributed by atoms with Crippen LogP contribution in [0.2, 0.25) is 5.02 Å². The zero-order valence-electron chi connectivity index (χ0n) is 10.8. The number of amides is 2. The molecule has 4 nitrogen and oxygen atoms in total. The summed E-state index contributed by atoms with van der Waals surface area (Å²) in [6, 6.07) is 2.64. The van der Waals surface area contributed by atoms with E-state index in [2.05, 4.69) is 10.6 Å². The Kier molecular flexibility index (Phi) is 4.41. The first-order valence-electron chi connectivity index (χ1n) is 6.21. The number of nitrogens with one attached hydrogen (secondary N) is 2. The summed E-state index contributed by atoms with van der Waals surface area (Å²) < 4.78 is 37.7. The third kappa shape index (κ3) is 4.35. The number of hydrogen-bond acceptors (Lipinski definition) is 2. The molecule has 0 aliphatic heterocycles. The van der Waals surface area contributed by atoms with Gasteiger partial charge in [0.15, 0.2) is 0 Å². The highest BCUT2D eigenvalue weighted by molar-refractivity contribution is 6.33. The monoisotopic (exact) mass is 320 g/mol. The number of hydrogen-bond donors (Lipinski definition) is 2. The van der Waals surface area contributed by atoms with Crippen molar-refractivity contribution in [3.8, 4) is 0 Å². The molecule has 21 heavy (non-hydrogen) atoms. The fraction of sp³-hybridized carbons (Fsp3) is 0.385. The van der Waals surface area contributed by atoms with Crippen LogP contribution >= 0.6 is 11.6 Å². The average Bonchev–Trinajstić information content (AvgIpc) is 3.21. The maximum absolute atomic E-state index is 12.6. The summed E-state index contributed by atoms with van der Waals surface area (Å²) >= 11 is 5.74. The third-order valence-electron chi connectivity index (χ3n) is 2.94. The first-order chi connectivity index (χ1) is 9.77. The quantitative estimate of drug-likeness (QED) is 0.896. The van der Waals surface area contributed by atoms with Crippen LogP contribution in [0.3, 0.4) is 0 Å². The number of alkyl halides is 3. The van der Waals surface area contributed by atoms with Crippen molar-refractivity contribution in [2.45, 2.75) is 19.0 Å². The van der Waals surface area contributed by atoms with Crippen molar-refractivity contribution in [3.63, 3.8) is 0 Å². The third-order valence-corrected chi connectivity index (χ3v) is 3.27. The van der Waals surface area contributed by atoms with E-state index < -0.39 is 17.6 Å². The van der Waals surface area contributed by atoms with Crippen molar-refractivity contribution >= 4 is 29.1 Å². The summed E-state index contributed by atoms with van der Waals surface area (Å²) in [6.07, 6.45) is -2.93. The molecule has 0 unspecified atom stereocenters. The zero-order valence-corrected chi connectivity index (χ0v) is 11.5. The fourth-order valence-corrected chi connectivity index (χ4v) is 1.81. The molecule has 2 rings (SSSR count). The number of rotatable bonds is 4. The lowest BCUT2D eigenvalue weighted by Crippen LogP contribution is -2.33.